The number of hydrogen-bond donors (Lipinski definition) is 1. The lowest BCUT2D eigenvalue weighted by Crippen LogP contribution is -2.42. The van der Waals surface area contributed by atoms with Crippen molar-refractivity contribution < 1.29 is 18.0 Å². The summed E-state index contributed by atoms with van der Waals surface area (Å²) in [5.41, 5.74) is 0.642. The van der Waals surface area contributed by atoms with Gasteiger partial charge < -0.3 is 10.2 Å². The van der Waals surface area contributed by atoms with E-state index in [-0.39, 0.29) is 0 Å². The maximum Gasteiger partial charge on any atom is 0.471 e. The molecular formula is C12H15F3N2O. The van der Waals surface area contributed by atoms with Gasteiger partial charge in [0.05, 0.1) is 6.04 Å². The van der Waals surface area contributed by atoms with Crippen LogP contribution in [0.15, 0.2) is 30.3 Å². The Morgan fingerprint density at radius 1 is 1.28 bits per heavy atom. The van der Waals surface area contributed by atoms with Gasteiger partial charge in [-0.05, 0) is 19.7 Å². The number of carbonyl (C=O) groups is 1. The van der Waals surface area contributed by atoms with Crippen LogP contribution in [0.3, 0.4) is 0 Å². The molecular weight excluding hydrogens is 245 g/mol. The first-order chi connectivity index (χ1) is 8.30. The molecule has 0 spiro atoms. The van der Waals surface area contributed by atoms with Crippen molar-refractivity contribution in [3.8, 4) is 0 Å². The summed E-state index contributed by atoms with van der Waals surface area (Å²) in [5.74, 6) is -1.92. The smallest absolute Gasteiger partial charge is 0.340 e. The topological polar surface area (TPSA) is 32.3 Å². The molecule has 18 heavy (non-hydrogen) atoms. The van der Waals surface area contributed by atoms with E-state index in [1.807, 2.05) is 5.32 Å². The van der Waals surface area contributed by atoms with Crippen LogP contribution in [0.5, 0.6) is 0 Å². The Balaban J connectivity index is 2.84. The van der Waals surface area contributed by atoms with Crippen LogP contribution in [0.2, 0.25) is 0 Å². The number of halogens is 3. The predicted octanol–water partition coefficient (Wildman–Crippen LogP) is 1.97. The van der Waals surface area contributed by atoms with Crippen LogP contribution < -0.4 is 5.32 Å². The first-order valence-electron chi connectivity index (χ1n) is 5.38. The number of rotatable bonds is 4. The Hall–Kier alpha value is -1.56. The summed E-state index contributed by atoms with van der Waals surface area (Å²) >= 11 is 0. The number of hydrogen-bond acceptors (Lipinski definition) is 2. The van der Waals surface area contributed by atoms with E-state index in [0.717, 1.165) is 0 Å². The highest BCUT2D eigenvalue weighted by molar-refractivity contribution is 5.82. The lowest BCUT2D eigenvalue weighted by atomic mass is 10.1. The van der Waals surface area contributed by atoms with Gasteiger partial charge in [0.15, 0.2) is 0 Å². The van der Waals surface area contributed by atoms with Gasteiger partial charge in [-0.3, -0.25) is 4.79 Å². The first kappa shape index (κ1) is 14.5. The van der Waals surface area contributed by atoms with E-state index in [1.54, 1.807) is 49.3 Å². The molecule has 0 aromatic heterocycles. The van der Waals surface area contributed by atoms with Crippen LogP contribution in [0.25, 0.3) is 0 Å². The van der Waals surface area contributed by atoms with Crippen LogP contribution in [-0.4, -0.2) is 37.6 Å². The molecule has 1 atom stereocenters. The molecule has 1 N–H and O–H groups in total. The van der Waals surface area contributed by atoms with E-state index in [2.05, 4.69) is 0 Å². The van der Waals surface area contributed by atoms with Crippen molar-refractivity contribution >= 4 is 5.91 Å². The number of carbonyl (C=O) groups excluding carboxylic acids is 1. The molecule has 0 aliphatic carbocycles. The van der Waals surface area contributed by atoms with E-state index < -0.39 is 18.1 Å². The van der Waals surface area contributed by atoms with E-state index in [4.69, 9.17) is 0 Å². The number of alkyl halides is 3. The fraction of sp³-hybridized carbons (Fsp3) is 0.417. The van der Waals surface area contributed by atoms with Crippen LogP contribution in [0, 0.1) is 0 Å². The molecule has 1 aromatic rings. The Labute approximate surface area is 104 Å². The van der Waals surface area contributed by atoms with Gasteiger partial charge in [0.1, 0.15) is 0 Å². The summed E-state index contributed by atoms with van der Waals surface area (Å²) in [6, 6.07) is 7.89. The van der Waals surface area contributed by atoms with Crippen molar-refractivity contribution in [3.63, 3.8) is 0 Å². The normalized spacial score (nSPS) is 13.4. The summed E-state index contributed by atoms with van der Waals surface area (Å²) in [7, 11) is 3.46. The minimum Gasteiger partial charge on any atom is -0.340 e. The van der Waals surface area contributed by atoms with Gasteiger partial charge in [-0.2, -0.15) is 13.2 Å². The number of likely N-dealkylation sites (N-methyl/N-ethyl adjacent to an activating group) is 1. The van der Waals surface area contributed by atoms with Crippen LogP contribution >= 0.6 is 0 Å². The molecule has 0 aliphatic rings. The van der Waals surface area contributed by atoms with Gasteiger partial charge in [-0.1, -0.05) is 30.3 Å². The van der Waals surface area contributed by atoms with Gasteiger partial charge in [-0.25, -0.2) is 0 Å². The quantitative estimate of drug-likeness (QED) is 0.897. The fourth-order valence-corrected chi connectivity index (χ4v) is 1.52. The zero-order valence-corrected chi connectivity index (χ0v) is 10.2. The van der Waals surface area contributed by atoms with Gasteiger partial charge >= 0.3 is 12.1 Å². The molecule has 0 bridgehead atoms. The van der Waals surface area contributed by atoms with Crippen molar-refractivity contribution in [1.29, 1.82) is 0 Å². The average molecular weight is 260 g/mol. The molecule has 0 fully saturated rings. The lowest BCUT2D eigenvalue weighted by molar-refractivity contribution is -0.174. The maximum absolute atomic E-state index is 12.2. The SMILES string of the molecule is CN(C)CC(NC(=O)C(F)(F)F)c1ccccc1. The second kappa shape index (κ2) is 5.86. The highest BCUT2D eigenvalue weighted by Crippen LogP contribution is 2.19. The fourth-order valence-electron chi connectivity index (χ4n) is 1.52. The third kappa shape index (κ3) is 4.37. The maximum atomic E-state index is 12.2. The van der Waals surface area contributed by atoms with Crippen molar-refractivity contribution in [2.45, 2.75) is 12.2 Å². The molecule has 1 rings (SSSR count). The minimum absolute atomic E-state index is 0.297. The summed E-state index contributed by atoms with van der Waals surface area (Å²) < 4.78 is 36.7. The Morgan fingerprint density at radius 3 is 2.28 bits per heavy atom. The van der Waals surface area contributed by atoms with Crippen LogP contribution in [-0.2, 0) is 4.79 Å². The second-order valence-corrected chi connectivity index (χ2v) is 4.20. The first-order valence-corrected chi connectivity index (χ1v) is 5.38. The van der Waals surface area contributed by atoms with Crippen molar-refractivity contribution in [3.05, 3.63) is 35.9 Å². The van der Waals surface area contributed by atoms with Gasteiger partial charge in [-0.15, -0.1) is 0 Å². The molecule has 0 heterocycles. The van der Waals surface area contributed by atoms with Gasteiger partial charge in [0, 0.05) is 6.54 Å². The summed E-state index contributed by atoms with van der Waals surface area (Å²) in [4.78, 5) is 12.7. The van der Waals surface area contributed by atoms with E-state index in [1.165, 1.54) is 0 Å². The van der Waals surface area contributed by atoms with Crippen molar-refractivity contribution in [1.82, 2.24) is 10.2 Å². The molecule has 0 aliphatic heterocycles. The number of nitrogens with zero attached hydrogens (tertiary/aromatic N) is 1. The molecule has 100 valence electrons. The minimum atomic E-state index is -4.86. The average Bonchev–Trinajstić information content (AvgIpc) is 2.27. The predicted molar refractivity (Wildman–Crippen MR) is 61.9 cm³/mol. The number of amides is 1. The van der Waals surface area contributed by atoms with Crippen LogP contribution in [0.1, 0.15) is 11.6 Å². The molecule has 6 heteroatoms. The van der Waals surface area contributed by atoms with E-state index in [0.29, 0.717) is 12.1 Å². The molecule has 0 saturated heterocycles. The van der Waals surface area contributed by atoms with Gasteiger partial charge in [0.25, 0.3) is 0 Å². The van der Waals surface area contributed by atoms with Crippen LogP contribution in [0.4, 0.5) is 13.2 Å². The van der Waals surface area contributed by atoms with Crippen molar-refractivity contribution in [2.75, 3.05) is 20.6 Å². The molecule has 1 unspecified atom stereocenters. The zero-order chi connectivity index (χ0) is 13.8. The zero-order valence-electron chi connectivity index (χ0n) is 10.2. The third-order valence-electron chi connectivity index (χ3n) is 2.31. The molecule has 0 radical (unpaired) electrons. The number of nitrogens with one attached hydrogen (secondary N) is 1. The molecule has 0 saturated carbocycles. The number of benzene rings is 1. The van der Waals surface area contributed by atoms with Crippen molar-refractivity contribution in [2.24, 2.45) is 0 Å². The molecule has 3 nitrogen and oxygen atoms in total. The monoisotopic (exact) mass is 260 g/mol. The molecule has 1 aromatic carbocycles. The standard InChI is InChI=1S/C12H15F3N2O/c1-17(2)8-10(9-6-4-3-5-7-9)16-11(18)12(13,14)15/h3-7,10H,8H2,1-2H3,(H,16,18). The second-order valence-electron chi connectivity index (χ2n) is 4.20. The third-order valence-corrected chi connectivity index (χ3v) is 2.31. The molecule has 1 amide bonds. The van der Waals surface area contributed by atoms with Gasteiger partial charge in [0.2, 0.25) is 0 Å². The van der Waals surface area contributed by atoms with E-state index in [9.17, 15) is 18.0 Å². The Bertz CT molecular complexity index is 390. The highest BCUT2D eigenvalue weighted by Gasteiger charge is 2.39. The van der Waals surface area contributed by atoms with E-state index >= 15 is 0 Å². The Morgan fingerprint density at radius 2 is 1.83 bits per heavy atom. The lowest BCUT2D eigenvalue weighted by Gasteiger charge is -2.23. The summed E-state index contributed by atoms with van der Waals surface area (Å²) in [6.07, 6.45) is -4.86. The largest absolute Gasteiger partial charge is 0.471 e. The summed E-state index contributed by atoms with van der Waals surface area (Å²) in [6.45, 7) is 0.297. The highest BCUT2D eigenvalue weighted by atomic mass is 19.4. The summed E-state index contributed by atoms with van der Waals surface area (Å²) in [5, 5.41) is 2.00. The Kier molecular flexibility index (Phi) is 4.72.